The van der Waals surface area contributed by atoms with Crippen LogP contribution in [0.5, 0.6) is 0 Å². The van der Waals surface area contributed by atoms with Gasteiger partial charge in [-0.05, 0) is 13.3 Å². The standard InChI is InChI=1S/C19H24N4O5S2/c1-7-14-13(8(2)24)18(26)23(14)15(19(27)28)16(7)30-10-3-9(21-5-10)4-12-22-11(6-29-12)17(20)25/h6-10,13-14,21,24H,3-5H2,1-2H3,(H2,20,25)(H,27,28)/t7-,8-,9+,10+,13?,14?/m1/s1. The highest BCUT2D eigenvalue weighted by molar-refractivity contribution is 8.03. The van der Waals surface area contributed by atoms with Crippen LogP contribution in [0.1, 0.15) is 35.8 Å². The van der Waals surface area contributed by atoms with Crippen molar-refractivity contribution in [1.29, 1.82) is 0 Å². The number of aliphatic hydroxyl groups is 1. The molecule has 2 fully saturated rings. The predicted octanol–water partition coefficient (Wildman–Crippen LogP) is 0.402. The van der Waals surface area contributed by atoms with Crippen LogP contribution in [0.2, 0.25) is 0 Å². The number of nitrogens with zero attached hydrogens (tertiary/aromatic N) is 2. The van der Waals surface area contributed by atoms with Crippen LogP contribution in [-0.2, 0) is 16.0 Å². The van der Waals surface area contributed by atoms with Gasteiger partial charge in [0.1, 0.15) is 11.4 Å². The summed E-state index contributed by atoms with van der Waals surface area (Å²) in [5, 5.41) is 25.8. The number of amides is 2. The Morgan fingerprint density at radius 2 is 2.23 bits per heavy atom. The number of aromatic nitrogens is 1. The largest absolute Gasteiger partial charge is 0.477 e. The molecule has 6 atom stereocenters. The Bertz CT molecular complexity index is 930. The van der Waals surface area contributed by atoms with Crippen molar-refractivity contribution in [2.24, 2.45) is 17.6 Å². The van der Waals surface area contributed by atoms with Crippen molar-refractivity contribution < 1.29 is 24.6 Å². The fourth-order valence-corrected chi connectivity index (χ4v) is 7.00. The fourth-order valence-electron chi connectivity index (χ4n) is 4.61. The van der Waals surface area contributed by atoms with Crippen LogP contribution in [0, 0.1) is 11.8 Å². The summed E-state index contributed by atoms with van der Waals surface area (Å²) >= 11 is 2.92. The van der Waals surface area contributed by atoms with Crippen LogP contribution >= 0.6 is 23.1 Å². The number of nitrogens with one attached hydrogen (secondary N) is 1. The first-order chi connectivity index (χ1) is 14.2. The number of rotatable bonds is 7. The molecule has 1 aromatic heterocycles. The quantitative estimate of drug-likeness (QED) is 0.435. The second kappa shape index (κ2) is 7.95. The number of β-lactam (4-membered cyclic amide) rings is 1. The molecule has 0 aliphatic carbocycles. The number of carboxylic acids is 1. The number of aliphatic carboxylic acids is 1. The minimum atomic E-state index is -1.10. The molecule has 3 aliphatic rings. The van der Waals surface area contributed by atoms with E-state index in [0.717, 1.165) is 11.4 Å². The summed E-state index contributed by atoms with van der Waals surface area (Å²) in [4.78, 5) is 41.9. The molecule has 2 amide bonds. The van der Waals surface area contributed by atoms with Gasteiger partial charge in [0.2, 0.25) is 5.91 Å². The normalized spacial score (nSPS) is 31.6. The second-order valence-corrected chi connectivity index (χ2v) is 10.3. The number of nitrogens with two attached hydrogens (primary N) is 1. The Kier molecular flexibility index (Phi) is 5.64. The highest BCUT2D eigenvalue weighted by atomic mass is 32.2. The molecule has 4 rings (SSSR count). The number of thioether (sulfide) groups is 1. The molecule has 30 heavy (non-hydrogen) atoms. The number of carboxylic acid groups (broad SMARTS) is 1. The van der Waals surface area contributed by atoms with Crippen LogP contribution in [0.15, 0.2) is 16.0 Å². The van der Waals surface area contributed by atoms with Gasteiger partial charge in [-0.15, -0.1) is 23.1 Å². The summed E-state index contributed by atoms with van der Waals surface area (Å²) in [6.45, 7) is 4.22. The van der Waals surface area contributed by atoms with Crippen molar-refractivity contribution in [3.05, 3.63) is 26.7 Å². The molecule has 0 bridgehead atoms. The predicted molar refractivity (Wildman–Crippen MR) is 112 cm³/mol. The van der Waals surface area contributed by atoms with E-state index in [1.165, 1.54) is 28.0 Å². The highest BCUT2D eigenvalue weighted by Gasteiger charge is 2.60. The van der Waals surface area contributed by atoms with E-state index in [1.54, 1.807) is 12.3 Å². The number of aliphatic hydroxyl groups excluding tert-OH is 1. The molecule has 1 aromatic rings. The topological polar surface area (TPSA) is 146 Å². The van der Waals surface area contributed by atoms with Crippen molar-refractivity contribution in [1.82, 2.24) is 15.2 Å². The average molecular weight is 453 g/mol. The van der Waals surface area contributed by atoms with Crippen molar-refractivity contribution in [2.45, 2.75) is 50.1 Å². The third-order valence-electron chi connectivity index (χ3n) is 6.01. The van der Waals surface area contributed by atoms with E-state index >= 15 is 0 Å². The summed E-state index contributed by atoms with van der Waals surface area (Å²) in [7, 11) is 0. The van der Waals surface area contributed by atoms with E-state index in [2.05, 4.69) is 10.3 Å². The van der Waals surface area contributed by atoms with Gasteiger partial charge in [-0.2, -0.15) is 0 Å². The first kappa shape index (κ1) is 21.3. The number of carbonyl (C=O) groups is 3. The molecule has 4 heterocycles. The van der Waals surface area contributed by atoms with Gasteiger partial charge >= 0.3 is 5.97 Å². The lowest BCUT2D eigenvalue weighted by Gasteiger charge is -2.46. The molecule has 2 saturated heterocycles. The van der Waals surface area contributed by atoms with E-state index in [0.29, 0.717) is 17.9 Å². The molecular weight excluding hydrogens is 428 g/mol. The Morgan fingerprint density at radius 3 is 2.83 bits per heavy atom. The maximum absolute atomic E-state index is 12.4. The molecule has 11 heteroatoms. The van der Waals surface area contributed by atoms with Crippen LogP contribution < -0.4 is 11.1 Å². The smallest absolute Gasteiger partial charge is 0.353 e. The monoisotopic (exact) mass is 452 g/mol. The Hall–Kier alpha value is -1.95. The van der Waals surface area contributed by atoms with Gasteiger partial charge < -0.3 is 26.2 Å². The Balaban J connectivity index is 1.44. The number of carbonyl (C=O) groups excluding carboxylic acids is 2. The molecule has 9 nitrogen and oxygen atoms in total. The van der Waals surface area contributed by atoms with Gasteiger partial charge in [0.05, 0.1) is 23.1 Å². The highest BCUT2D eigenvalue weighted by Crippen LogP contribution is 2.51. The number of fused-ring (bicyclic) bond motifs is 1. The van der Waals surface area contributed by atoms with E-state index in [4.69, 9.17) is 5.73 Å². The maximum Gasteiger partial charge on any atom is 0.353 e. The molecule has 0 aromatic carbocycles. The van der Waals surface area contributed by atoms with Crippen LogP contribution in [0.4, 0.5) is 0 Å². The summed E-state index contributed by atoms with van der Waals surface area (Å²) in [6.07, 6.45) is 0.687. The SMILES string of the molecule is C[C@@H](O)C1C(=O)N2C(C(=O)O)=C(S[C@@H]3CN[C@H](Cc4nc(C(N)=O)cs4)C3)[C@H](C)C12. The molecule has 0 radical (unpaired) electrons. The molecule has 2 unspecified atom stereocenters. The number of thiazole rings is 1. The van der Waals surface area contributed by atoms with Crippen LogP contribution in [0.3, 0.4) is 0 Å². The van der Waals surface area contributed by atoms with Gasteiger partial charge in [0.15, 0.2) is 0 Å². The first-order valence-electron chi connectivity index (χ1n) is 9.81. The number of hydrogen-bond acceptors (Lipinski definition) is 8. The summed E-state index contributed by atoms with van der Waals surface area (Å²) < 4.78 is 0. The lowest BCUT2D eigenvalue weighted by atomic mass is 9.79. The first-order valence-corrected chi connectivity index (χ1v) is 11.6. The third-order valence-corrected chi connectivity index (χ3v) is 8.39. The van der Waals surface area contributed by atoms with E-state index in [1.807, 2.05) is 6.92 Å². The van der Waals surface area contributed by atoms with E-state index in [9.17, 15) is 24.6 Å². The van der Waals surface area contributed by atoms with Gasteiger partial charge in [0, 0.05) is 40.5 Å². The zero-order valence-corrected chi connectivity index (χ0v) is 18.2. The minimum absolute atomic E-state index is 0.0638. The van der Waals surface area contributed by atoms with Crippen molar-refractivity contribution in [2.75, 3.05) is 6.54 Å². The average Bonchev–Trinajstić information content (AvgIpc) is 3.35. The lowest BCUT2D eigenvalue weighted by molar-refractivity contribution is -0.163. The van der Waals surface area contributed by atoms with Crippen molar-refractivity contribution in [3.8, 4) is 0 Å². The third kappa shape index (κ3) is 3.53. The van der Waals surface area contributed by atoms with Gasteiger partial charge in [-0.25, -0.2) is 9.78 Å². The maximum atomic E-state index is 12.4. The lowest BCUT2D eigenvalue weighted by Crippen LogP contribution is -2.63. The summed E-state index contributed by atoms with van der Waals surface area (Å²) in [6, 6.07) is -0.123. The van der Waals surface area contributed by atoms with Crippen molar-refractivity contribution >= 4 is 40.9 Å². The second-order valence-electron chi connectivity index (χ2n) is 8.05. The molecule has 3 aliphatic heterocycles. The molecule has 0 spiro atoms. The van der Waals surface area contributed by atoms with Crippen molar-refractivity contribution in [3.63, 3.8) is 0 Å². The molecular formula is C19H24N4O5S2. The number of primary amides is 1. The van der Waals surface area contributed by atoms with Crippen LogP contribution in [-0.4, -0.2) is 67.9 Å². The van der Waals surface area contributed by atoms with Gasteiger partial charge in [-0.3, -0.25) is 9.59 Å². The van der Waals surface area contributed by atoms with E-state index in [-0.39, 0.29) is 40.5 Å². The van der Waals surface area contributed by atoms with Gasteiger partial charge in [0.25, 0.3) is 5.91 Å². The summed E-state index contributed by atoms with van der Waals surface area (Å²) in [5.74, 6) is -2.64. The van der Waals surface area contributed by atoms with Crippen LogP contribution in [0.25, 0.3) is 0 Å². The summed E-state index contributed by atoms with van der Waals surface area (Å²) in [5.41, 5.74) is 5.59. The Labute approximate surface area is 181 Å². The molecule has 0 saturated carbocycles. The zero-order valence-electron chi connectivity index (χ0n) is 16.6. The molecule has 162 valence electrons. The number of hydrogen-bond donors (Lipinski definition) is 4. The zero-order chi connectivity index (χ0) is 21.7. The van der Waals surface area contributed by atoms with Gasteiger partial charge in [-0.1, -0.05) is 6.92 Å². The Morgan fingerprint density at radius 1 is 1.50 bits per heavy atom. The minimum Gasteiger partial charge on any atom is -0.477 e. The molecule has 5 N–H and O–H groups in total. The van der Waals surface area contributed by atoms with E-state index < -0.39 is 23.9 Å². The fraction of sp³-hybridized carbons (Fsp3) is 0.579.